The minimum absolute atomic E-state index is 0.266. The topological polar surface area (TPSA) is 20.2 Å². The fourth-order valence-corrected chi connectivity index (χ4v) is 2.13. The normalized spacial score (nSPS) is 15.0. The maximum Gasteiger partial charge on any atom is 0.0514 e. The third-order valence-electron chi connectivity index (χ3n) is 2.32. The van der Waals surface area contributed by atoms with Crippen molar-refractivity contribution in [2.45, 2.75) is 32.8 Å². The zero-order valence-corrected chi connectivity index (χ0v) is 10.5. The van der Waals surface area contributed by atoms with Crippen LogP contribution in [0.25, 0.3) is 0 Å². The van der Waals surface area contributed by atoms with E-state index in [-0.39, 0.29) is 6.10 Å². The van der Waals surface area contributed by atoms with Gasteiger partial charge in [0.1, 0.15) is 0 Å². The van der Waals surface area contributed by atoms with Gasteiger partial charge in [0.05, 0.1) is 6.10 Å². The summed E-state index contributed by atoms with van der Waals surface area (Å²) in [6.07, 6.45) is 1.37. The summed E-state index contributed by atoms with van der Waals surface area (Å²) >= 11 is 12.0. The monoisotopic (exact) mass is 246 g/mol. The molecule has 1 aromatic carbocycles. The third-order valence-corrected chi connectivity index (χ3v) is 2.92. The first-order valence-electron chi connectivity index (χ1n) is 5.11. The summed E-state index contributed by atoms with van der Waals surface area (Å²) < 4.78 is 0. The molecule has 0 spiro atoms. The average Bonchev–Trinajstić information content (AvgIpc) is 2.10. The van der Waals surface area contributed by atoms with E-state index in [1.807, 2.05) is 12.1 Å². The van der Waals surface area contributed by atoms with Crippen LogP contribution in [0.15, 0.2) is 18.2 Å². The summed E-state index contributed by atoms with van der Waals surface area (Å²) in [5, 5.41) is 10.7. The summed E-state index contributed by atoms with van der Waals surface area (Å²) in [7, 11) is 0. The summed E-state index contributed by atoms with van der Waals surface area (Å²) in [6.45, 7) is 3.90. The van der Waals surface area contributed by atoms with Crippen molar-refractivity contribution in [3.05, 3.63) is 33.8 Å². The van der Waals surface area contributed by atoms with Gasteiger partial charge >= 0.3 is 0 Å². The highest BCUT2D eigenvalue weighted by molar-refractivity contribution is 6.33. The molecule has 0 aliphatic rings. The number of hydrogen-bond donors (Lipinski definition) is 1. The lowest BCUT2D eigenvalue weighted by atomic mass is 9.96. The smallest absolute Gasteiger partial charge is 0.0514 e. The van der Waals surface area contributed by atoms with Crippen LogP contribution in [0.3, 0.4) is 0 Å². The van der Waals surface area contributed by atoms with Crippen LogP contribution in [0, 0.1) is 5.92 Å². The first-order chi connectivity index (χ1) is 6.99. The molecule has 1 nitrogen and oxygen atoms in total. The van der Waals surface area contributed by atoms with Gasteiger partial charge in [0.2, 0.25) is 0 Å². The Bertz CT molecular complexity index is 323. The van der Waals surface area contributed by atoms with Crippen LogP contribution in [-0.4, -0.2) is 11.2 Å². The van der Waals surface area contributed by atoms with Gasteiger partial charge in [0, 0.05) is 10.0 Å². The number of aliphatic hydroxyl groups is 1. The molecule has 0 radical (unpaired) electrons. The van der Waals surface area contributed by atoms with Crippen molar-refractivity contribution in [2.75, 3.05) is 0 Å². The van der Waals surface area contributed by atoms with E-state index in [4.69, 9.17) is 23.2 Å². The Kier molecular flexibility index (Phi) is 4.91. The molecular formula is C12H16Cl2O. The van der Waals surface area contributed by atoms with Gasteiger partial charge in [-0.2, -0.15) is 0 Å². The standard InChI is InChI=1S/C12H16Cl2O/c1-8(5-9(2)15)6-10-7-11(13)3-4-12(10)14/h3-4,7-9,15H,5-6H2,1-2H3. The summed E-state index contributed by atoms with van der Waals surface area (Å²) in [4.78, 5) is 0. The molecule has 84 valence electrons. The van der Waals surface area contributed by atoms with Gasteiger partial charge in [-0.3, -0.25) is 0 Å². The molecular weight excluding hydrogens is 231 g/mol. The van der Waals surface area contributed by atoms with Gasteiger partial charge in [0.15, 0.2) is 0 Å². The lowest BCUT2D eigenvalue weighted by Crippen LogP contribution is -2.09. The number of rotatable bonds is 4. The first-order valence-corrected chi connectivity index (χ1v) is 5.86. The van der Waals surface area contributed by atoms with E-state index < -0.39 is 0 Å². The van der Waals surface area contributed by atoms with E-state index in [1.54, 1.807) is 13.0 Å². The molecule has 1 N–H and O–H groups in total. The third kappa shape index (κ3) is 4.42. The zero-order chi connectivity index (χ0) is 11.4. The van der Waals surface area contributed by atoms with E-state index >= 15 is 0 Å². The molecule has 0 aliphatic heterocycles. The van der Waals surface area contributed by atoms with E-state index in [1.165, 1.54) is 0 Å². The molecule has 2 unspecified atom stereocenters. The first kappa shape index (κ1) is 12.8. The second kappa shape index (κ2) is 5.74. The highest BCUT2D eigenvalue weighted by Gasteiger charge is 2.09. The fourth-order valence-electron chi connectivity index (χ4n) is 1.74. The summed E-state index contributed by atoms with van der Waals surface area (Å²) in [5.41, 5.74) is 1.05. The van der Waals surface area contributed by atoms with Crippen molar-refractivity contribution in [2.24, 2.45) is 5.92 Å². The molecule has 0 fully saturated rings. The molecule has 15 heavy (non-hydrogen) atoms. The predicted octanol–water partition coefficient (Wildman–Crippen LogP) is 3.94. The van der Waals surface area contributed by atoms with Crippen LogP contribution in [-0.2, 0) is 6.42 Å². The van der Waals surface area contributed by atoms with Crippen molar-refractivity contribution in [3.8, 4) is 0 Å². The molecule has 3 heteroatoms. The lowest BCUT2D eigenvalue weighted by molar-refractivity contribution is 0.164. The number of halogens is 2. The van der Waals surface area contributed by atoms with E-state index in [9.17, 15) is 5.11 Å². The number of aliphatic hydroxyl groups excluding tert-OH is 1. The van der Waals surface area contributed by atoms with Crippen LogP contribution >= 0.6 is 23.2 Å². The van der Waals surface area contributed by atoms with Gasteiger partial charge in [-0.15, -0.1) is 0 Å². The Morgan fingerprint density at radius 1 is 1.27 bits per heavy atom. The molecule has 0 amide bonds. The van der Waals surface area contributed by atoms with Gasteiger partial charge in [0.25, 0.3) is 0 Å². The number of benzene rings is 1. The lowest BCUT2D eigenvalue weighted by Gasteiger charge is -2.14. The highest BCUT2D eigenvalue weighted by Crippen LogP contribution is 2.24. The summed E-state index contributed by atoms with van der Waals surface area (Å²) in [5.74, 6) is 0.404. The van der Waals surface area contributed by atoms with Crippen molar-refractivity contribution in [3.63, 3.8) is 0 Å². The molecule has 0 heterocycles. The van der Waals surface area contributed by atoms with Crippen LogP contribution in [0.4, 0.5) is 0 Å². The van der Waals surface area contributed by atoms with Crippen LogP contribution in [0.1, 0.15) is 25.8 Å². The van der Waals surface area contributed by atoms with E-state index in [2.05, 4.69) is 6.92 Å². The molecule has 0 aromatic heterocycles. The molecule has 0 aliphatic carbocycles. The van der Waals surface area contributed by atoms with Gasteiger partial charge in [-0.05, 0) is 49.4 Å². The average molecular weight is 247 g/mol. The van der Waals surface area contributed by atoms with Gasteiger partial charge in [-0.25, -0.2) is 0 Å². The van der Waals surface area contributed by atoms with Crippen molar-refractivity contribution in [1.82, 2.24) is 0 Å². The fraction of sp³-hybridized carbons (Fsp3) is 0.500. The van der Waals surface area contributed by atoms with E-state index in [0.717, 1.165) is 23.4 Å². The highest BCUT2D eigenvalue weighted by atomic mass is 35.5. The second-order valence-corrected chi connectivity index (χ2v) is 4.97. The predicted molar refractivity (Wildman–Crippen MR) is 65.6 cm³/mol. The second-order valence-electron chi connectivity index (χ2n) is 4.13. The molecule has 0 bridgehead atoms. The van der Waals surface area contributed by atoms with Crippen molar-refractivity contribution >= 4 is 23.2 Å². The Hall–Kier alpha value is -0.240. The molecule has 0 saturated heterocycles. The van der Waals surface area contributed by atoms with Crippen LogP contribution in [0.2, 0.25) is 10.0 Å². The molecule has 1 rings (SSSR count). The van der Waals surface area contributed by atoms with Crippen LogP contribution in [0.5, 0.6) is 0 Å². The Labute approximate surface area is 101 Å². The minimum Gasteiger partial charge on any atom is -0.393 e. The maximum atomic E-state index is 9.27. The quantitative estimate of drug-likeness (QED) is 0.854. The van der Waals surface area contributed by atoms with Crippen molar-refractivity contribution < 1.29 is 5.11 Å². The Morgan fingerprint density at radius 2 is 1.93 bits per heavy atom. The zero-order valence-electron chi connectivity index (χ0n) is 9.00. The number of hydrogen-bond acceptors (Lipinski definition) is 1. The van der Waals surface area contributed by atoms with Gasteiger partial charge in [-0.1, -0.05) is 30.1 Å². The van der Waals surface area contributed by atoms with Gasteiger partial charge < -0.3 is 5.11 Å². The van der Waals surface area contributed by atoms with E-state index in [0.29, 0.717) is 10.9 Å². The molecule has 1 aromatic rings. The van der Waals surface area contributed by atoms with Crippen molar-refractivity contribution in [1.29, 1.82) is 0 Å². The van der Waals surface area contributed by atoms with Crippen LogP contribution < -0.4 is 0 Å². The minimum atomic E-state index is -0.266. The SMILES string of the molecule is CC(O)CC(C)Cc1cc(Cl)ccc1Cl. The Morgan fingerprint density at radius 3 is 2.53 bits per heavy atom. The molecule has 2 atom stereocenters. The molecule has 0 saturated carbocycles. The largest absolute Gasteiger partial charge is 0.393 e. The summed E-state index contributed by atoms with van der Waals surface area (Å²) in [6, 6.07) is 5.49. The Balaban J connectivity index is 2.67. The maximum absolute atomic E-state index is 9.27.